The highest BCUT2D eigenvalue weighted by atomic mass is 15.3. The second kappa shape index (κ2) is 14.8. The molecule has 1 aromatic heterocycles. The van der Waals surface area contributed by atoms with E-state index in [0.29, 0.717) is 0 Å². The van der Waals surface area contributed by atoms with Gasteiger partial charge in [-0.2, -0.15) is 0 Å². The van der Waals surface area contributed by atoms with Gasteiger partial charge in [0.2, 0.25) is 0 Å². The summed E-state index contributed by atoms with van der Waals surface area (Å²) in [6, 6.07) is 75.3. The summed E-state index contributed by atoms with van der Waals surface area (Å²) in [7, 11) is 0. The number of hydrogen-bond acceptors (Lipinski definition) is 3. The van der Waals surface area contributed by atoms with Gasteiger partial charge >= 0.3 is 0 Å². The molecule has 4 unspecified atom stereocenters. The minimum Gasteiger partial charge on any atom is -0.350 e. The van der Waals surface area contributed by atoms with Gasteiger partial charge in [0.15, 0.2) is 0 Å². The lowest BCUT2D eigenvalue weighted by Crippen LogP contribution is -2.44. The Morgan fingerprint density at radius 3 is 1.84 bits per heavy atom. The van der Waals surface area contributed by atoms with Gasteiger partial charge in [-0.15, -0.1) is 0 Å². The maximum absolute atomic E-state index is 5.35. The van der Waals surface area contributed by atoms with Crippen LogP contribution in [0.15, 0.2) is 236 Å². The van der Waals surface area contributed by atoms with E-state index in [1.54, 1.807) is 0 Å². The third-order valence-corrected chi connectivity index (χ3v) is 14.0. The van der Waals surface area contributed by atoms with Gasteiger partial charge in [-0.3, -0.25) is 5.32 Å². The average molecular weight is 811 g/mol. The first-order chi connectivity index (χ1) is 31.1. The summed E-state index contributed by atoms with van der Waals surface area (Å²) in [4.78, 5) is 5.35. The number of nitrogens with one attached hydrogen (secondary N) is 2. The van der Waals surface area contributed by atoms with Gasteiger partial charge in [0, 0.05) is 33.4 Å². The van der Waals surface area contributed by atoms with Crippen molar-refractivity contribution in [2.45, 2.75) is 30.6 Å². The second-order valence-corrected chi connectivity index (χ2v) is 17.4. The van der Waals surface area contributed by atoms with Gasteiger partial charge in [-0.25, -0.2) is 4.99 Å². The van der Waals surface area contributed by atoms with Crippen LogP contribution < -0.4 is 10.6 Å². The van der Waals surface area contributed by atoms with Crippen LogP contribution >= 0.6 is 0 Å². The maximum Gasteiger partial charge on any atom is 0.131 e. The van der Waals surface area contributed by atoms with Gasteiger partial charge in [0.1, 0.15) is 18.2 Å². The predicted molar refractivity (Wildman–Crippen MR) is 259 cm³/mol. The SMILES string of the molecule is CC12C=CC=CC1c1cc3c4ccc(-c5ccccc5)cc4n(-c4cccc(C5=NC(c6ccccc6)NC(c6ccccc6)N5)c4)c3cc1C2(c1ccccc1)c1ccccc1. The van der Waals surface area contributed by atoms with E-state index in [1.807, 2.05) is 0 Å². The lowest BCUT2D eigenvalue weighted by atomic mass is 9.54. The summed E-state index contributed by atoms with van der Waals surface area (Å²) in [6.07, 6.45) is 9.06. The molecule has 4 atom stereocenters. The number of aromatic nitrogens is 1. The molecule has 3 aliphatic rings. The molecule has 0 saturated heterocycles. The van der Waals surface area contributed by atoms with Crippen LogP contribution in [0.25, 0.3) is 38.6 Å². The fourth-order valence-corrected chi connectivity index (χ4v) is 11.2. The Morgan fingerprint density at radius 1 is 0.524 bits per heavy atom. The number of amidine groups is 1. The molecule has 2 N–H and O–H groups in total. The molecule has 0 radical (unpaired) electrons. The largest absolute Gasteiger partial charge is 0.350 e. The Kier molecular flexibility index (Phi) is 8.77. The Bertz CT molecular complexity index is 3200. The summed E-state index contributed by atoms with van der Waals surface area (Å²) >= 11 is 0. The highest BCUT2D eigenvalue weighted by Crippen LogP contribution is 2.67. The fourth-order valence-electron chi connectivity index (χ4n) is 11.2. The Labute approximate surface area is 368 Å². The number of rotatable bonds is 7. The highest BCUT2D eigenvalue weighted by Gasteiger charge is 2.60. The zero-order valence-corrected chi connectivity index (χ0v) is 35.1. The zero-order valence-electron chi connectivity index (χ0n) is 35.1. The molecule has 4 nitrogen and oxygen atoms in total. The van der Waals surface area contributed by atoms with Crippen molar-refractivity contribution in [3.63, 3.8) is 0 Å². The molecule has 1 aliphatic heterocycles. The molecule has 12 rings (SSSR count). The van der Waals surface area contributed by atoms with E-state index < -0.39 is 5.41 Å². The van der Waals surface area contributed by atoms with Crippen molar-refractivity contribution in [3.05, 3.63) is 270 Å². The molecule has 8 aromatic carbocycles. The van der Waals surface area contributed by atoms with Crippen LogP contribution in [0.5, 0.6) is 0 Å². The Balaban J connectivity index is 1.12. The zero-order chi connectivity index (χ0) is 42.0. The molecule has 9 aromatic rings. The summed E-state index contributed by atoms with van der Waals surface area (Å²) < 4.78 is 2.50. The quantitative estimate of drug-likeness (QED) is 0.168. The lowest BCUT2D eigenvalue weighted by Gasteiger charge is -2.47. The monoisotopic (exact) mass is 810 g/mol. The topological polar surface area (TPSA) is 41.4 Å². The van der Waals surface area contributed by atoms with Crippen LogP contribution in [0.3, 0.4) is 0 Å². The Morgan fingerprint density at radius 2 is 1.14 bits per heavy atom. The van der Waals surface area contributed by atoms with Gasteiger partial charge in [-0.05, 0) is 74.8 Å². The second-order valence-electron chi connectivity index (χ2n) is 17.4. The third-order valence-electron chi connectivity index (χ3n) is 14.0. The van der Waals surface area contributed by atoms with Crippen LogP contribution in [0.4, 0.5) is 0 Å². The fraction of sp³-hybridized carbons (Fsp3) is 0.102. The van der Waals surface area contributed by atoms with Gasteiger partial charge in [-0.1, -0.05) is 207 Å². The molecule has 2 heterocycles. The van der Waals surface area contributed by atoms with Crippen molar-refractivity contribution >= 4 is 27.6 Å². The van der Waals surface area contributed by atoms with E-state index in [-0.39, 0.29) is 23.7 Å². The third kappa shape index (κ3) is 5.82. The molecule has 0 amide bonds. The molecule has 4 heteroatoms. The molecule has 0 bridgehead atoms. The standard InChI is InChI=1S/C59H46N4/c1-58-35-18-17-32-51(58)50-38-49-48-34-33-43(40-20-7-2-8-21-40)37-53(48)63(54(49)39-52(50)59(58,45-27-13-5-14-28-45)46-29-15-6-16-30-46)47-31-19-26-44(36-47)57-61-55(41-22-9-3-10-23-41)60-56(62-57)42-24-11-4-12-25-42/h2-39,51,55-56,60H,1H3,(H,61,62). The Hall–Kier alpha value is -7.53. The molecular formula is C59H46N4. The maximum atomic E-state index is 5.35. The van der Waals surface area contributed by atoms with E-state index in [2.05, 4.69) is 253 Å². The first kappa shape index (κ1) is 37.2. The smallest absolute Gasteiger partial charge is 0.131 e. The van der Waals surface area contributed by atoms with E-state index >= 15 is 0 Å². The van der Waals surface area contributed by atoms with Crippen molar-refractivity contribution < 1.29 is 0 Å². The number of allylic oxidation sites excluding steroid dienone is 4. The van der Waals surface area contributed by atoms with Gasteiger partial charge < -0.3 is 9.88 Å². The molecule has 0 fully saturated rings. The van der Waals surface area contributed by atoms with E-state index in [0.717, 1.165) is 28.2 Å². The normalized spacial score (nSPS) is 20.8. The minimum absolute atomic E-state index is 0.131. The molecule has 0 spiro atoms. The van der Waals surface area contributed by atoms with Crippen molar-refractivity contribution in [3.8, 4) is 16.8 Å². The highest BCUT2D eigenvalue weighted by molar-refractivity contribution is 6.11. The van der Waals surface area contributed by atoms with Crippen LogP contribution in [0, 0.1) is 5.41 Å². The number of aliphatic imine (C=N–C) groups is 1. The van der Waals surface area contributed by atoms with Crippen molar-refractivity contribution in [1.82, 2.24) is 15.2 Å². The summed E-state index contributed by atoms with van der Waals surface area (Å²) in [5.74, 6) is 1.03. The molecule has 302 valence electrons. The van der Waals surface area contributed by atoms with E-state index in [9.17, 15) is 0 Å². The molecule has 0 saturated carbocycles. The average Bonchev–Trinajstić information content (AvgIpc) is 3.80. The van der Waals surface area contributed by atoms with E-state index in [1.165, 1.54) is 55.2 Å². The van der Waals surface area contributed by atoms with Crippen molar-refractivity contribution in [2.75, 3.05) is 0 Å². The first-order valence-corrected chi connectivity index (χ1v) is 22.1. The minimum atomic E-state index is -0.462. The molecule has 2 aliphatic carbocycles. The van der Waals surface area contributed by atoms with Gasteiger partial charge in [0.25, 0.3) is 0 Å². The predicted octanol–water partition coefficient (Wildman–Crippen LogP) is 13.4. The van der Waals surface area contributed by atoms with Gasteiger partial charge in [0.05, 0.1) is 16.4 Å². The number of fused-ring (bicyclic) bond motifs is 6. The van der Waals surface area contributed by atoms with Crippen molar-refractivity contribution in [1.29, 1.82) is 0 Å². The molecule has 63 heavy (non-hydrogen) atoms. The molecular weight excluding hydrogens is 765 g/mol. The van der Waals surface area contributed by atoms with E-state index in [4.69, 9.17) is 4.99 Å². The first-order valence-electron chi connectivity index (χ1n) is 22.1. The van der Waals surface area contributed by atoms with Crippen molar-refractivity contribution in [2.24, 2.45) is 10.4 Å². The number of nitrogens with zero attached hydrogens (tertiary/aromatic N) is 2. The summed E-state index contributed by atoms with van der Waals surface area (Å²) in [5.41, 5.74) is 13.7. The lowest BCUT2D eigenvalue weighted by molar-refractivity contribution is 0.289. The summed E-state index contributed by atoms with van der Waals surface area (Å²) in [6.45, 7) is 2.47. The van der Waals surface area contributed by atoms with Crippen LogP contribution in [-0.2, 0) is 5.41 Å². The summed E-state index contributed by atoms with van der Waals surface area (Å²) in [5, 5.41) is 10.0. The van der Waals surface area contributed by atoms with Crippen LogP contribution in [0.1, 0.15) is 64.1 Å². The number of hydrogen-bond donors (Lipinski definition) is 2. The number of benzene rings is 8. The van der Waals surface area contributed by atoms with Crippen LogP contribution in [-0.4, -0.2) is 10.4 Å². The van der Waals surface area contributed by atoms with Crippen LogP contribution in [0.2, 0.25) is 0 Å².